The lowest BCUT2D eigenvalue weighted by Gasteiger charge is -1.99. The second-order valence-electron chi connectivity index (χ2n) is 2.66. The Morgan fingerprint density at radius 1 is 1.25 bits per heavy atom. The second kappa shape index (κ2) is 2.75. The van der Waals surface area contributed by atoms with Gasteiger partial charge in [-0.1, -0.05) is 0 Å². The van der Waals surface area contributed by atoms with Crippen LogP contribution >= 0.6 is 12.6 Å². The molecular formula is C9H8N2S. The molecule has 0 aliphatic heterocycles. The van der Waals surface area contributed by atoms with Crippen LogP contribution in [-0.4, -0.2) is 9.97 Å². The fourth-order valence-corrected chi connectivity index (χ4v) is 1.38. The van der Waals surface area contributed by atoms with Crippen molar-refractivity contribution >= 4 is 23.5 Å². The van der Waals surface area contributed by atoms with E-state index < -0.39 is 0 Å². The molecule has 0 aliphatic rings. The van der Waals surface area contributed by atoms with Gasteiger partial charge in [0, 0.05) is 16.0 Å². The van der Waals surface area contributed by atoms with E-state index in [9.17, 15) is 0 Å². The van der Waals surface area contributed by atoms with Gasteiger partial charge in [0.2, 0.25) is 0 Å². The average molecular weight is 176 g/mol. The number of nitrogens with zero attached hydrogens (tertiary/aromatic N) is 2. The summed E-state index contributed by atoms with van der Waals surface area (Å²) in [4.78, 5) is 9.19. The highest BCUT2D eigenvalue weighted by Gasteiger charge is 1.97. The van der Waals surface area contributed by atoms with Gasteiger partial charge < -0.3 is 0 Å². The molecule has 0 spiro atoms. The van der Waals surface area contributed by atoms with E-state index in [2.05, 4.69) is 22.6 Å². The molecule has 1 aromatic carbocycles. The van der Waals surface area contributed by atoms with E-state index >= 15 is 0 Å². The SMILES string of the molecule is Cc1ncnc2ccc(S)cc12. The zero-order valence-electron chi connectivity index (χ0n) is 6.65. The summed E-state index contributed by atoms with van der Waals surface area (Å²) in [7, 11) is 0. The Bertz CT molecular complexity index is 426. The monoisotopic (exact) mass is 176 g/mol. The van der Waals surface area contributed by atoms with Crippen molar-refractivity contribution in [2.45, 2.75) is 11.8 Å². The molecule has 2 nitrogen and oxygen atoms in total. The Kier molecular flexibility index (Phi) is 1.73. The smallest absolute Gasteiger partial charge is 0.116 e. The average Bonchev–Trinajstić information content (AvgIpc) is 2.07. The number of hydrogen-bond acceptors (Lipinski definition) is 3. The maximum atomic E-state index is 4.25. The molecule has 0 unspecified atom stereocenters. The molecule has 12 heavy (non-hydrogen) atoms. The number of benzene rings is 1. The van der Waals surface area contributed by atoms with Crippen molar-refractivity contribution in [3.05, 3.63) is 30.2 Å². The summed E-state index contributed by atoms with van der Waals surface area (Å²) in [6, 6.07) is 5.86. The summed E-state index contributed by atoms with van der Waals surface area (Å²) in [6.45, 7) is 1.97. The van der Waals surface area contributed by atoms with Crippen LogP contribution in [0.1, 0.15) is 5.69 Å². The first kappa shape index (κ1) is 7.55. The maximum Gasteiger partial charge on any atom is 0.116 e. The fourth-order valence-electron chi connectivity index (χ4n) is 1.17. The molecule has 0 saturated heterocycles. The second-order valence-corrected chi connectivity index (χ2v) is 3.18. The molecule has 0 atom stereocenters. The van der Waals surface area contributed by atoms with Crippen LogP contribution in [0.3, 0.4) is 0 Å². The van der Waals surface area contributed by atoms with Crippen LogP contribution in [0.25, 0.3) is 10.9 Å². The molecule has 0 radical (unpaired) electrons. The third kappa shape index (κ3) is 1.16. The summed E-state index contributed by atoms with van der Waals surface area (Å²) in [6.07, 6.45) is 1.58. The number of rotatable bonds is 0. The van der Waals surface area contributed by atoms with Gasteiger partial charge in [0.1, 0.15) is 6.33 Å². The van der Waals surface area contributed by atoms with Crippen LogP contribution in [0.15, 0.2) is 29.4 Å². The predicted octanol–water partition coefficient (Wildman–Crippen LogP) is 2.23. The lowest BCUT2D eigenvalue weighted by Crippen LogP contribution is -1.86. The molecule has 0 saturated carbocycles. The highest BCUT2D eigenvalue weighted by molar-refractivity contribution is 7.80. The number of fused-ring (bicyclic) bond motifs is 1. The minimum Gasteiger partial charge on any atom is -0.241 e. The zero-order valence-corrected chi connectivity index (χ0v) is 7.55. The largest absolute Gasteiger partial charge is 0.241 e. The first-order valence-electron chi connectivity index (χ1n) is 3.68. The van der Waals surface area contributed by atoms with E-state index in [0.717, 1.165) is 21.5 Å². The van der Waals surface area contributed by atoms with Crippen LogP contribution < -0.4 is 0 Å². The molecule has 60 valence electrons. The molecule has 3 heteroatoms. The first-order valence-corrected chi connectivity index (χ1v) is 4.12. The van der Waals surface area contributed by atoms with Crippen molar-refractivity contribution in [3.8, 4) is 0 Å². The Balaban J connectivity index is 2.88. The minimum absolute atomic E-state index is 0.945. The number of hydrogen-bond donors (Lipinski definition) is 1. The van der Waals surface area contributed by atoms with Gasteiger partial charge in [0.05, 0.1) is 5.52 Å². The van der Waals surface area contributed by atoms with E-state index in [0.29, 0.717) is 0 Å². The lowest BCUT2D eigenvalue weighted by atomic mass is 10.2. The molecule has 2 aromatic rings. The Hall–Kier alpha value is -1.09. The lowest BCUT2D eigenvalue weighted by molar-refractivity contribution is 1.15. The van der Waals surface area contributed by atoms with Crippen molar-refractivity contribution in [1.29, 1.82) is 0 Å². The Morgan fingerprint density at radius 2 is 2.08 bits per heavy atom. The van der Waals surface area contributed by atoms with Gasteiger partial charge in [-0.3, -0.25) is 0 Å². The van der Waals surface area contributed by atoms with Crippen molar-refractivity contribution in [1.82, 2.24) is 9.97 Å². The van der Waals surface area contributed by atoms with Gasteiger partial charge in [0.15, 0.2) is 0 Å². The highest BCUT2D eigenvalue weighted by Crippen LogP contribution is 2.17. The predicted molar refractivity (Wildman–Crippen MR) is 51.5 cm³/mol. The zero-order chi connectivity index (χ0) is 8.55. The van der Waals surface area contributed by atoms with E-state index in [1.165, 1.54) is 0 Å². The van der Waals surface area contributed by atoms with Crippen LogP contribution in [0.2, 0.25) is 0 Å². The molecule has 0 bridgehead atoms. The molecule has 0 N–H and O–H groups in total. The molecular weight excluding hydrogens is 168 g/mol. The summed E-state index contributed by atoms with van der Waals surface area (Å²) >= 11 is 4.25. The normalized spacial score (nSPS) is 10.5. The van der Waals surface area contributed by atoms with E-state index in [4.69, 9.17) is 0 Å². The quantitative estimate of drug-likeness (QED) is 0.623. The van der Waals surface area contributed by atoms with Crippen LogP contribution in [-0.2, 0) is 0 Å². The van der Waals surface area contributed by atoms with Crippen molar-refractivity contribution in [2.24, 2.45) is 0 Å². The molecule has 0 fully saturated rings. The van der Waals surface area contributed by atoms with E-state index in [-0.39, 0.29) is 0 Å². The number of thiol groups is 1. The van der Waals surface area contributed by atoms with Gasteiger partial charge in [-0.15, -0.1) is 12.6 Å². The van der Waals surface area contributed by atoms with Gasteiger partial charge in [-0.05, 0) is 25.1 Å². The standard InChI is InChI=1S/C9H8N2S/c1-6-8-4-7(12)2-3-9(8)11-5-10-6/h2-5,12H,1H3. The minimum atomic E-state index is 0.945. The summed E-state index contributed by atoms with van der Waals surface area (Å²) in [5, 5.41) is 1.07. The molecule has 1 heterocycles. The van der Waals surface area contributed by atoms with E-state index in [1.54, 1.807) is 6.33 Å². The van der Waals surface area contributed by atoms with Crippen LogP contribution in [0.5, 0.6) is 0 Å². The molecule has 1 aromatic heterocycles. The maximum absolute atomic E-state index is 4.25. The molecule has 2 rings (SSSR count). The topological polar surface area (TPSA) is 25.8 Å². The van der Waals surface area contributed by atoms with E-state index in [1.807, 2.05) is 25.1 Å². The van der Waals surface area contributed by atoms with Crippen molar-refractivity contribution < 1.29 is 0 Å². The molecule has 0 amide bonds. The molecule has 0 aliphatic carbocycles. The third-order valence-electron chi connectivity index (χ3n) is 1.82. The Labute approximate surface area is 76.1 Å². The Morgan fingerprint density at radius 3 is 2.92 bits per heavy atom. The summed E-state index contributed by atoms with van der Waals surface area (Å²) < 4.78 is 0. The third-order valence-corrected chi connectivity index (χ3v) is 2.10. The van der Waals surface area contributed by atoms with Crippen molar-refractivity contribution in [2.75, 3.05) is 0 Å². The highest BCUT2D eigenvalue weighted by atomic mass is 32.1. The fraction of sp³-hybridized carbons (Fsp3) is 0.111. The van der Waals surface area contributed by atoms with Gasteiger partial charge in [-0.25, -0.2) is 9.97 Å². The number of aryl methyl sites for hydroxylation is 1. The van der Waals surface area contributed by atoms with Gasteiger partial charge in [0.25, 0.3) is 0 Å². The van der Waals surface area contributed by atoms with Crippen LogP contribution in [0.4, 0.5) is 0 Å². The summed E-state index contributed by atoms with van der Waals surface area (Å²) in [5.41, 5.74) is 1.97. The first-order chi connectivity index (χ1) is 5.77. The van der Waals surface area contributed by atoms with Crippen molar-refractivity contribution in [3.63, 3.8) is 0 Å². The number of aromatic nitrogens is 2. The van der Waals surface area contributed by atoms with Crippen LogP contribution in [0, 0.1) is 6.92 Å². The summed E-state index contributed by atoms with van der Waals surface area (Å²) in [5.74, 6) is 0. The van der Waals surface area contributed by atoms with Gasteiger partial charge >= 0.3 is 0 Å². The van der Waals surface area contributed by atoms with Gasteiger partial charge in [-0.2, -0.15) is 0 Å².